The molecule has 2 unspecified atom stereocenters. The Balaban J connectivity index is 2.18. The maximum Gasteiger partial charge on any atom is 0.194 e. The Bertz CT molecular complexity index is 447. The highest BCUT2D eigenvalue weighted by atomic mass is 19.2. The van der Waals surface area contributed by atoms with Gasteiger partial charge in [-0.3, -0.25) is 0 Å². The van der Waals surface area contributed by atoms with E-state index in [9.17, 15) is 13.2 Å². The fourth-order valence-corrected chi connectivity index (χ4v) is 2.54. The molecular formula is C15H20F3NO. The zero-order valence-corrected chi connectivity index (χ0v) is 11.6. The molecule has 0 aliphatic carbocycles. The molecule has 0 saturated carbocycles. The lowest BCUT2D eigenvalue weighted by atomic mass is 9.98. The molecule has 1 aliphatic rings. The number of nitrogens with one attached hydrogen (secondary N) is 1. The van der Waals surface area contributed by atoms with E-state index in [-0.39, 0.29) is 17.7 Å². The minimum atomic E-state index is -1.40. The van der Waals surface area contributed by atoms with Gasteiger partial charge in [0.05, 0.1) is 6.10 Å². The van der Waals surface area contributed by atoms with Gasteiger partial charge >= 0.3 is 0 Å². The summed E-state index contributed by atoms with van der Waals surface area (Å²) in [5.74, 6) is -3.66. The van der Waals surface area contributed by atoms with Gasteiger partial charge in [0.25, 0.3) is 0 Å². The molecule has 2 nitrogen and oxygen atoms in total. The minimum Gasteiger partial charge on any atom is -0.378 e. The van der Waals surface area contributed by atoms with Crippen LogP contribution in [0.25, 0.3) is 0 Å². The van der Waals surface area contributed by atoms with Crippen molar-refractivity contribution in [2.45, 2.75) is 44.8 Å². The molecule has 2 rings (SSSR count). The number of rotatable bonds is 6. The van der Waals surface area contributed by atoms with E-state index in [2.05, 4.69) is 5.32 Å². The van der Waals surface area contributed by atoms with Crippen LogP contribution >= 0.6 is 0 Å². The van der Waals surface area contributed by atoms with Crippen molar-refractivity contribution in [3.8, 4) is 0 Å². The third kappa shape index (κ3) is 3.52. The monoisotopic (exact) mass is 287 g/mol. The molecule has 0 radical (unpaired) electrons. The van der Waals surface area contributed by atoms with Crippen LogP contribution in [-0.4, -0.2) is 19.3 Å². The summed E-state index contributed by atoms with van der Waals surface area (Å²) in [6.07, 6.45) is 3.42. The van der Waals surface area contributed by atoms with Crippen LogP contribution in [0.3, 0.4) is 0 Å². The largest absolute Gasteiger partial charge is 0.378 e. The summed E-state index contributed by atoms with van der Waals surface area (Å²) in [5, 5.41) is 3.19. The molecule has 0 amide bonds. The fourth-order valence-electron chi connectivity index (χ4n) is 2.54. The zero-order valence-electron chi connectivity index (χ0n) is 11.6. The van der Waals surface area contributed by atoms with E-state index in [0.29, 0.717) is 19.6 Å². The van der Waals surface area contributed by atoms with E-state index in [1.54, 1.807) is 0 Å². The quantitative estimate of drug-likeness (QED) is 0.805. The van der Waals surface area contributed by atoms with Crippen LogP contribution in [0.5, 0.6) is 0 Å². The van der Waals surface area contributed by atoms with Gasteiger partial charge in [-0.1, -0.05) is 13.0 Å². The van der Waals surface area contributed by atoms with Crippen LogP contribution in [0.1, 0.15) is 44.2 Å². The van der Waals surface area contributed by atoms with Crippen LogP contribution in [0.2, 0.25) is 0 Å². The third-order valence-corrected chi connectivity index (χ3v) is 3.60. The van der Waals surface area contributed by atoms with E-state index >= 15 is 0 Å². The van der Waals surface area contributed by atoms with E-state index in [1.807, 2.05) is 6.92 Å². The molecule has 1 saturated heterocycles. The molecule has 20 heavy (non-hydrogen) atoms. The molecule has 1 fully saturated rings. The Morgan fingerprint density at radius 3 is 2.75 bits per heavy atom. The second kappa shape index (κ2) is 7.09. The van der Waals surface area contributed by atoms with Crippen LogP contribution < -0.4 is 5.32 Å². The normalized spacial score (nSPS) is 20.3. The van der Waals surface area contributed by atoms with Crippen molar-refractivity contribution in [3.05, 3.63) is 35.1 Å². The maximum absolute atomic E-state index is 13.9. The Labute approximate surface area is 117 Å². The summed E-state index contributed by atoms with van der Waals surface area (Å²) in [4.78, 5) is 0. The highest BCUT2D eigenvalue weighted by molar-refractivity contribution is 5.24. The van der Waals surface area contributed by atoms with Crippen molar-refractivity contribution >= 4 is 0 Å². The highest BCUT2D eigenvalue weighted by Crippen LogP contribution is 2.28. The van der Waals surface area contributed by atoms with Crippen molar-refractivity contribution in [2.75, 3.05) is 13.2 Å². The Hall–Kier alpha value is -1.07. The van der Waals surface area contributed by atoms with Gasteiger partial charge in [0.1, 0.15) is 0 Å². The molecule has 112 valence electrons. The van der Waals surface area contributed by atoms with Crippen molar-refractivity contribution in [3.63, 3.8) is 0 Å². The molecule has 1 aromatic carbocycles. The minimum absolute atomic E-state index is 0.0527. The maximum atomic E-state index is 13.9. The van der Waals surface area contributed by atoms with Gasteiger partial charge in [0, 0.05) is 18.2 Å². The average Bonchev–Trinajstić information content (AvgIpc) is 2.94. The first-order valence-corrected chi connectivity index (χ1v) is 7.11. The number of ether oxygens (including phenoxy) is 1. The third-order valence-electron chi connectivity index (χ3n) is 3.60. The number of hydrogen-bond donors (Lipinski definition) is 1. The molecule has 2 atom stereocenters. The predicted molar refractivity (Wildman–Crippen MR) is 70.9 cm³/mol. The summed E-state index contributed by atoms with van der Waals surface area (Å²) >= 11 is 0. The first-order chi connectivity index (χ1) is 9.63. The Kier molecular flexibility index (Phi) is 5.43. The van der Waals surface area contributed by atoms with Gasteiger partial charge in [-0.15, -0.1) is 0 Å². The lowest BCUT2D eigenvalue weighted by Crippen LogP contribution is -2.27. The summed E-state index contributed by atoms with van der Waals surface area (Å²) in [5.41, 5.74) is 0.174. The van der Waals surface area contributed by atoms with Crippen LogP contribution in [0, 0.1) is 17.5 Å². The van der Waals surface area contributed by atoms with E-state index in [4.69, 9.17) is 4.74 Å². The molecule has 1 aromatic rings. The molecule has 0 aromatic heterocycles. The summed E-state index contributed by atoms with van der Waals surface area (Å²) in [6.45, 7) is 3.40. The van der Waals surface area contributed by atoms with Crippen LogP contribution in [0.4, 0.5) is 13.2 Å². The molecule has 1 aliphatic heterocycles. The van der Waals surface area contributed by atoms with Gasteiger partial charge in [-0.25, -0.2) is 13.2 Å². The van der Waals surface area contributed by atoms with Crippen LogP contribution in [0.15, 0.2) is 12.1 Å². The van der Waals surface area contributed by atoms with E-state index in [1.165, 1.54) is 6.07 Å². The average molecular weight is 287 g/mol. The predicted octanol–water partition coefficient (Wildman–Crippen LogP) is 3.71. The molecule has 0 bridgehead atoms. The number of hydrogen-bond acceptors (Lipinski definition) is 2. The summed E-state index contributed by atoms with van der Waals surface area (Å²) < 4.78 is 45.9. The van der Waals surface area contributed by atoms with Crippen LogP contribution in [-0.2, 0) is 4.74 Å². The Morgan fingerprint density at radius 2 is 2.10 bits per heavy atom. The topological polar surface area (TPSA) is 21.3 Å². The van der Waals surface area contributed by atoms with Crippen molar-refractivity contribution in [1.29, 1.82) is 0 Å². The lowest BCUT2D eigenvalue weighted by Gasteiger charge is -2.22. The number of halogens is 3. The van der Waals surface area contributed by atoms with Crippen molar-refractivity contribution < 1.29 is 17.9 Å². The summed E-state index contributed by atoms with van der Waals surface area (Å²) in [7, 11) is 0. The van der Waals surface area contributed by atoms with Gasteiger partial charge in [-0.05, 0) is 38.3 Å². The first kappa shape index (κ1) is 15.3. The van der Waals surface area contributed by atoms with Gasteiger partial charge in [-0.2, -0.15) is 0 Å². The standard InChI is InChI=1S/C15H20F3NO/c1-2-7-19-13(9-10-4-3-8-20-10)11-5-6-12(16)15(18)14(11)17/h5-6,10,13,19H,2-4,7-9H2,1H3. The smallest absolute Gasteiger partial charge is 0.194 e. The van der Waals surface area contributed by atoms with E-state index in [0.717, 1.165) is 25.3 Å². The van der Waals surface area contributed by atoms with Gasteiger partial charge in [0.15, 0.2) is 17.5 Å². The first-order valence-electron chi connectivity index (χ1n) is 7.11. The van der Waals surface area contributed by atoms with Crippen molar-refractivity contribution in [1.82, 2.24) is 5.32 Å². The Morgan fingerprint density at radius 1 is 1.30 bits per heavy atom. The molecular weight excluding hydrogens is 267 g/mol. The second-order valence-corrected chi connectivity index (χ2v) is 5.14. The zero-order chi connectivity index (χ0) is 14.5. The summed E-state index contributed by atoms with van der Waals surface area (Å²) in [6, 6.07) is 1.94. The molecule has 0 spiro atoms. The van der Waals surface area contributed by atoms with Gasteiger partial charge in [0.2, 0.25) is 0 Å². The fraction of sp³-hybridized carbons (Fsp3) is 0.600. The van der Waals surface area contributed by atoms with E-state index < -0.39 is 17.5 Å². The van der Waals surface area contributed by atoms with Crippen molar-refractivity contribution in [2.24, 2.45) is 0 Å². The molecule has 1 N–H and O–H groups in total. The highest BCUT2D eigenvalue weighted by Gasteiger charge is 2.25. The van der Waals surface area contributed by atoms with Gasteiger partial charge < -0.3 is 10.1 Å². The number of benzene rings is 1. The molecule has 1 heterocycles. The lowest BCUT2D eigenvalue weighted by molar-refractivity contribution is 0.0941. The molecule has 5 heteroatoms. The second-order valence-electron chi connectivity index (χ2n) is 5.14. The SMILES string of the molecule is CCCNC(CC1CCCO1)c1ccc(F)c(F)c1F.